The molecule has 0 aliphatic heterocycles. The molecule has 130 valence electrons. The normalized spacial score (nSPS) is 10.9. The number of benzene rings is 2. The molecule has 0 spiro atoms. The van der Waals surface area contributed by atoms with Crippen LogP contribution in [0.25, 0.3) is 10.2 Å². The average Bonchev–Trinajstić information content (AvgIpc) is 3.03. The van der Waals surface area contributed by atoms with Crippen molar-refractivity contribution in [2.75, 3.05) is 11.9 Å². The quantitative estimate of drug-likeness (QED) is 0.256. The summed E-state index contributed by atoms with van der Waals surface area (Å²) < 4.78 is 0.670. The first-order valence-corrected chi connectivity index (χ1v) is 8.63. The Balaban J connectivity index is 1.77. The van der Waals surface area contributed by atoms with Crippen LogP contribution in [0.1, 0.15) is 6.42 Å². The number of non-ortho nitro benzene ring substituents is 1. The fraction of sp³-hybridized carbons (Fsp3) is 0.125. The second-order valence-electron chi connectivity index (χ2n) is 5.10. The number of nitro benzene ring substituents is 1. The van der Waals surface area contributed by atoms with Crippen molar-refractivity contribution in [3.05, 3.63) is 51.5 Å². The minimum atomic E-state index is -0.450. The second-order valence-corrected chi connectivity index (χ2v) is 6.52. The minimum Gasteiger partial charge on any atom is -0.383 e. The lowest BCUT2D eigenvalue weighted by atomic mass is 10.3. The molecule has 0 amide bonds. The van der Waals surface area contributed by atoms with E-state index in [0.717, 1.165) is 0 Å². The maximum atomic E-state index is 10.8. The molecule has 0 saturated heterocycles. The Morgan fingerprint density at radius 1 is 1.31 bits per heavy atom. The van der Waals surface area contributed by atoms with Gasteiger partial charge in [-0.05, 0) is 24.3 Å². The standard InChI is InChI=1S/C16H11ClN6O2S/c17-12-8-10(2-4-13(12)19-7-1-6-18)21-22-16-20-14-5-3-11(23(24)25)9-15(14)26-16/h2-5,8-9,19H,1,7H2. The number of halogens is 1. The van der Waals surface area contributed by atoms with E-state index in [2.05, 4.69) is 20.5 Å². The van der Waals surface area contributed by atoms with Crippen molar-refractivity contribution in [3.8, 4) is 6.07 Å². The van der Waals surface area contributed by atoms with E-state index in [9.17, 15) is 10.1 Å². The molecule has 0 unspecified atom stereocenters. The zero-order chi connectivity index (χ0) is 18.5. The maximum absolute atomic E-state index is 10.8. The van der Waals surface area contributed by atoms with E-state index in [1.54, 1.807) is 24.3 Å². The van der Waals surface area contributed by atoms with Gasteiger partial charge in [-0.3, -0.25) is 10.1 Å². The van der Waals surface area contributed by atoms with E-state index in [4.69, 9.17) is 16.9 Å². The van der Waals surface area contributed by atoms with Crippen LogP contribution in [0, 0.1) is 21.4 Å². The van der Waals surface area contributed by atoms with Crippen molar-refractivity contribution >= 4 is 55.3 Å². The minimum absolute atomic E-state index is 0.0101. The molecule has 1 N–H and O–H groups in total. The number of hydrogen-bond donors (Lipinski definition) is 1. The molecular formula is C16H11ClN6O2S. The van der Waals surface area contributed by atoms with E-state index in [1.807, 2.05) is 6.07 Å². The highest BCUT2D eigenvalue weighted by atomic mass is 35.5. The van der Waals surface area contributed by atoms with Gasteiger partial charge in [-0.2, -0.15) is 5.26 Å². The molecule has 0 radical (unpaired) electrons. The number of azo groups is 1. The summed E-state index contributed by atoms with van der Waals surface area (Å²) in [7, 11) is 0. The van der Waals surface area contributed by atoms with Gasteiger partial charge in [0.25, 0.3) is 5.69 Å². The molecule has 0 aliphatic carbocycles. The third-order valence-electron chi connectivity index (χ3n) is 3.33. The highest BCUT2D eigenvalue weighted by Gasteiger charge is 2.10. The molecule has 0 saturated carbocycles. The fourth-order valence-electron chi connectivity index (χ4n) is 2.12. The van der Waals surface area contributed by atoms with E-state index in [-0.39, 0.29) is 5.69 Å². The lowest BCUT2D eigenvalue weighted by Crippen LogP contribution is -2.00. The molecule has 26 heavy (non-hydrogen) atoms. The van der Waals surface area contributed by atoms with Gasteiger partial charge >= 0.3 is 0 Å². The van der Waals surface area contributed by atoms with Crippen molar-refractivity contribution in [3.63, 3.8) is 0 Å². The molecule has 3 aromatic rings. The summed E-state index contributed by atoms with van der Waals surface area (Å²) in [5, 5.41) is 31.5. The summed E-state index contributed by atoms with van der Waals surface area (Å²) in [4.78, 5) is 14.6. The monoisotopic (exact) mass is 386 g/mol. The lowest BCUT2D eigenvalue weighted by Gasteiger charge is -2.06. The number of aromatic nitrogens is 1. The van der Waals surface area contributed by atoms with Gasteiger partial charge in [-0.15, -0.1) is 10.2 Å². The Morgan fingerprint density at radius 2 is 2.15 bits per heavy atom. The van der Waals surface area contributed by atoms with Crippen LogP contribution in [-0.4, -0.2) is 16.5 Å². The third-order valence-corrected chi connectivity index (χ3v) is 4.54. The van der Waals surface area contributed by atoms with Crippen LogP contribution in [0.2, 0.25) is 5.02 Å². The zero-order valence-corrected chi connectivity index (χ0v) is 14.8. The number of nitrogens with one attached hydrogen (secondary N) is 1. The molecule has 8 nitrogen and oxygen atoms in total. The van der Waals surface area contributed by atoms with Crippen LogP contribution in [0.5, 0.6) is 0 Å². The van der Waals surface area contributed by atoms with E-state index in [1.165, 1.54) is 23.5 Å². The molecule has 10 heteroatoms. The predicted molar refractivity (Wildman–Crippen MR) is 101 cm³/mol. The van der Waals surface area contributed by atoms with Crippen molar-refractivity contribution in [2.24, 2.45) is 10.2 Å². The number of rotatable bonds is 6. The molecule has 1 heterocycles. The Labute approximate surface area is 156 Å². The topological polar surface area (TPSA) is 117 Å². The Morgan fingerprint density at radius 3 is 2.88 bits per heavy atom. The summed E-state index contributed by atoms with van der Waals surface area (Å²) in [6.45, 7) is 0.509. The van der Waals surface area contributed by atoms with Gasteiger partial charge < -0.3 is 5.32 Å². The molecule has 2 aromatic carbocycles. The molecule has 1 aromatic heterocycles. The van der Waals surface area contributed by atoms with Gasteiger partial charge in [0.2, 0.25) is 5.13 Å². The SMILES string of the molecule is N#CCCNc1ccc(N=Nc2nc3ccc([N+](=O)[O-])cc3s2)cc1Cl. The molecule has 3 rings (SSSR count). The molecule has 0 bridgehead atoms. The first-order chi connectivity index (χ1) is 12.6. The van der Waals surface area contributed by atoms with Gasteiger partial charge in [0.05, 0.1) is 44.0 Å². The number of hydrogen-bond acceptors (Lipinski definition) is 8. The smallest absolute Gasteiger partial charge is 0.270 e. The number of nitriles is 1. The van der Waals surface area contributed by atoms with Crippen LogP contribution in [0.3, 0.4) is 0 Å². The molecule has 0 atom stereocenters. The van der Waals surface area contributed by atoms with Crippen LogP contribution in [-0.2, 0) is 0 Å². The predicted octanol–water partition coefficient (Wildman–Crippen LogP) is 5.60. The van der Waals surface area contributed by atoms with Crippen LogP contribution in [0.4, 0.5) is 22.2 Å². The van der Waals surface area contributed by atoms with Gasteiger partial charge in [0.15, 0.2) is 0 Å². The Bertz CT molecular complexity index is 1040. The molecule has 0 aliphatic rings. The number of anilines is 1. The number of nitrogens with zero attached hydrogens (tertiary/aromatic N) is 5. The summed E-state index contributed by atoms with van der Waals surface area (Å²) >= 11 is 7.39. The highest BCUT2D eigenvalue weighted by molar-refractivity contribution is 7.21. The first kappa shape index (κ1) is 17.7. The van der Waals surface area contributed by atoms with E-state index < -0.39 is 4.92 Å². The van der Waals surface area contributed by atoms with Gasteiger partial charge in [-0.25, -0.2) is 4.98 Å². The second kappa shape index (κ2) is 7.86. The Kier molecular flexibility index (Phi) is 5.36. The van der Waals surface area contributed by atoms with Crippen LogP contribution in [0.15, 0.2) is 46.6 Å². The van der Waals surface area contributed by atoms with E-state index >= 15 is 0 Å². The summed E-state index contributed by atoms with van der Waals surface area (Å²) in [5.74, 6) is 0. The highest BCUT2D eigenvalue weighted by Crippen LogP contribution is 2.33. The molecular weight excluding hydrogens is 376 g/mol. The van der Waals surface area contributed by atoms with Crippen LogP contribution >= 0.6 is 22.9 Å². The number of nitro groups is 1. The van der Waals surface area contributed by atoms with Crippen molar-refractivity contribution in [1.29, 1.82) is 5.26 Å². The summed E-state index contributed by atoms with van der Waals surface area (Å²) in [6, 6.07) is 11.6. The van der Waals surface area contributed by atoms with Crippen molar-refractivity contribution < 1.29 is 4.92 Å². The van der Waals surface area contributed by atoms with Crippen molar-refractivity contribution in [2.45, 2.75) is 6.42 Å². The average molecular weight is 387 g/mol. The Hall–Kier alpha value is -3.09. The van der Waals surface area contributed by atoms with Gasteiger partial charge in [0.1, 0.15) is 0 Å². The third kappa shape index (κ3) is 4.11. The number of fused-ring (bicyclic) bond motifs is 1. The van der Waals surface area contributed by atoms with Crippen LogP contribution < -0.4 is 5.32 Å². The summed E-state index contributed by atoms with van der Waals surface area (Å²) in [5.41, 5.74) is 1.90. The number of thiazole rings is 1. The molecule has 0 fully saturated rings. The van der Waals surface area contributed by atoms with Crippen molar-refractivity contribution in [1.82, 2.24) is 4.98 Å². The van der Waals surface area contributed by atoms with Gasteiger partial charge in [0, 0.05) is 18.7 Å². The zero-order valence-electron chi connectivity index (χ0n) is 13.2. The lowest BCUT2D eigenvalue weighted by molar-refractivity contribution is -0.384. The maximum Gasteiger partial charge on any atom is 0.270 e. The summed E-state index contributed by atoms with van der Waals surface area (Å²) in [6.07, 6.45) is 0.382. The van der Waals surface area contributed by atoms with E-state index in [0.29, 0.717) is 44.7 Å². The fourth-order valence-corrected chi connectivity index (χ4v) is 3.18. The largest absolute Gasteiger partial charge is 0.383 e. The van der Waals surface area contributed by atoms with Gasteiger partial charge in [-0.1, -0.05) is 22.9 Å². The first-order valence-electron chi connectivity index (χ1n) is 7.44.